The molecule has 34 heavy (non-hydrogen) atoms. The number of carboxylic acids is 1. The molecule has 2 aliphatic rings. The van der Waals surface area contributed by atoms with Gasteiger partial charge in [-0.3, -0.25) is 14.9 Å². The zero-order valence-corrected chi connectivity index (χ0v) is 18.3. The second-order valence-electron chi connectivity index (χ2n) is 8.57. The van der Waals surface area contributed by atoms with E-state index in [0.717, 1.165) is 28.7 Å². The smallest absolute Gasteiger partial charge is 0.411 e. The molecule has 1 aromatic heterocycles. The summed E-state index contributed by atoms with van der Waals surface area (Å²) in [6.45, 7) is 0.140. The van der Waals surface area contributed by atoms with Gasteiger partial charge in [0.1, 0.15) is 6.61 Å². The summed E-state index contributed by atoms with van der Waals surface area (Å²) < 4.78 is 10.8. The zero-order valence-electron chi connectivity index (χ0n) is 18.3. The van der Waals surface area contributed by atoms with Gasteiger partial charge in [-0.2, -0.15) is 0 Å². The van der Waals surface area contributed by atoms with Gasteiger partial charge in [0.05, 0.1) is 17.9 Å². The maximum absolute atomic E-state index is 12.7. The van der Waals surface area contributed by atoms with Crippen LogP contribution in [0.1, 0.15) is 46.9 Å². The van der Waals surface area contributed by atoms with Crippen LogP contribution in [0.25, 0.3) is 11.1 Å². The number of furan rings is 1. The highest BCUT2D eigenvalue weighted by atomic mass is 16.5. The monoisotopic (exact) mass is 460 g/mol. The van der Waals surface area contributed by atoms with Crippen molar-refractivity contribution >= 4 is 23.7 Å². The number of carboxylic acid groups (broad SMARTS) is 1. The lowest BCUT2D eigenvalue weighted by atomic mass is 9.98. The van der Waals surface area contributed by atoms with E-state index in [2.05, 4.69) is 22.8 Å². The van der Waals surface area contributed by atoms with Gasteiger partial charge in [-0.15, -0.1) is 0 Å². The minimum Gasteiger partial charge on any atom is -0.481 e. The predicted molar refractivity (Wildman–Crippen MR) is 124 cm³/mol. The molecule has 2 atom stereocenters. The Morgan fingerprint density at radius 3 is 2.32 bits per heavy atom. The topological polar surface area (TPSA) is 118 Å². The Bertz CT molecular complexity index is 1200. The van der Waals surface area contributed by atoms with Gasteiger partial charge in [0.2, 0.25) is 5.76 Å². The third-order valence-corrected chi connectivity index (χ3v) is 6.60. The van der Waals surface area contributed by atoms with Crippen molar-refractivity contribution in [2.24, 2.45) is 5.92 Å². The minimum atomic E-state index is -0.931. The number of fused-ring (bicyclic) bond motifs is 3. The van der Waals surface area contributed by atoms with Crippen LogP contribution >= 0.6 is 0 Å². The van der Waals surface area contributed by atoms with E-state index in [9.17, 15) is 19.5 Å². The molecule has 0 aliphatic heterocycles. The van der Waals surface area contributed by atoms with E-state index >= 15 is 0 Å². The highest BCUT2D eigenvalue weighted by Gasteiger charge is 2.35. The molecule has 8 nitrogen and oxygen atoms in total. The fourth-order valence-corrected chi connectivity index (χ4v) is 4.99. The van der Waals surface area contributed by atoms with E-state index < -0.39 is 29.9 Å². The number of benzene rings is 2. The fourth-order valence-electron chi connectivity index (χ4n) is 4.99. The summed E-state index contributed by atoms with van der Waals surface area (Å²) in [5.41, 5.74) is 4.63. The average Bonchev–Trinajstić information content (AvgIpc) is 3.55. The van der Waals surface area contributed by atoms with Crippen LogP contribution in [0.5, 0.6) is 0 Å². The van der Waals surface area contributed by atoms with Crippen LogP contribution in [-0.2, 0) is 9.53 Å². The van der Waals surface area contributed by atoms with Crippen molar-refractivity contribution < 1.29 is 28.6 Å². The lowest BCUT2D eigenvalue weighted by molar-refractivity contribution is -0.142. The Morgan fingerprint density at radius 1 is 0.971 bits per heavy atom. The summed E-state index contributed by atoms with van der Waals surface area (Å²) in [6.07, 6.45) is 2.41. The van der Waals surface area contributed by atoms with Gasteiger partial charge < -0.3 is 19.6 Å². The van der Waals surface area contributed by atoms with Gasteiger partial charge in [-0.1, -0.05) is 55.0 Å². The third-order valence-electron chi connectivity index (χ3n) is 6.60. The van der Waals surface area contributed by atoms with E-state index in [-0.39, 0.29) is 24.0 Å². The maximum atomic E-state index is 12.7. The number of carbonyl (C=O) groups is 3. The third kappa shape index (κ3) is 4.03. The van der Waals surface area contributed by atoms with Gasteiger partial charge in [-0.05, 0) is 35.1 Å². The molecule has 1 saturated carbocycles. The number of aliphatic carboxylic acids is 1. The van der Waals surface area contributed by atoms with Gasteiger partial charge in [0.25, 0.3) is 5.91 Å². The van der Waals surface area contributed by atoms with Crippen LogP contribution in [0.4, 0.5) is 10.5 Å². The van der Waals surface area contributed by atoms with Crippen LogP contribution in [0.15, 0.2) is 65.3 Å². The summed E-state index contributed by atoms with van der Waals surface area (Å²) >= 11 is 0. The predicted octanol–water partition coefficient (Wildman–Crippen LogP) is 4.62. The molecule has 0 bridgehead atoms. The Balaban J connectivity index is 1.23. The van der Waals surface area contributed by atoms with Crippen molar-refractivity contribution in [3.05, 3.63) is 77.7 Å². The zero-order chi connectivity index (χ0) is 23.7. The summed E-state index contributed by atoms with van der Waals surface area (Å²) in [4.78, 5) is 36.6. The number of hydrogen-bond acceptors (Lipinski definition) is 5. The average molecular weight is 460 g/mol. The normalized spacial score (nSPS) is 18.7. The van der Waals surface area contributed by atoms with Gasteiger partial charge in [0.15, 0.2) is 0 Å². The van der Waals surface area contributed by atoms with Crippen molar-refractivity contribution in [1.29, 1.82) is 0 Å². The standard InChI is InChI=1S/C26H24N2O6/c29-24(27-21-11-5-10-19(21)25(30)31)23-22(12-13-33-23)28-26(32)34-14-20-17-8-3-1-6-15(17)16-7-2-4-9-18(16)20/h1-4,6-9,12-13,19-21H,5,10-11,14H2,(H,27,29)(H,28,32)(H,30,31). The molecule has 3 aromatic rings. The molecular formula is C26H24N2O6. The Morgan fingerprint density at radius 2 is 1.65 bits per heavy atom. The fraction of sp³-hybridized carbons (Fsp3) is 0.269. The number of rotatable bonds is 6. The van der Waals surface area contributed by atoms with E-state index in [4.69, 9.17) is 9.15 Å². The molecule has 3 N–H and O–H groups in total. The molecule has 0 radical (unpaired) electrons. The summed E-state index contributed by atoms with van der Waals surface area (Å²) in [6, 6.07) is 17.1. The second-order valence-corrected chi connectivity index (χ2v) is 8.57. The molecule has 0 spiro atoms. The van der Waals surface area contributed by atoms with Gasteiger partial charge >= 0.3 is 12.1 Å². The minimum absolute atomic E-state index is 0.0828. The maximum Gasteiger partial charge on any atom is 0.411 e. The van der Waals surface area contributed by atoms with E-state index in [1.54, 1.807) is 0 Å². The molecule has 2 aromatic carbocycles. The molecule has 1 fully saturated rings. The molecule has 1 heterocycles. The molecule has 5 rings (SSSR count). The van der Waals surface area contributed by atoms with Gasteiger partial charge in [0, 0.05) is 18.0 Å². The van der Waals surface area contributed by atoms with Crippen LogP contribution < -0.4 is 10.6 Å². The van der Waals surface area contributed by atoms with Crippen LogP contribution in [-0.4, -0.2) is 35.7 Å². The number of amides is 2. The largest absolute Gasteiger partial charge is 0.481 e. The van der Waals surface area contributed by atoms with Crippen molar-refractivity contribution in [3.63, 3.8) is 0 Å². The number of hydrogen-bond donors (Lipinski definition) is 3. The molecule has 174 valence electrons. The van der Waals surface area contributed by atoms with Crippen molar-refractivity contribution in [3.8, 4) is 11.1 Å². The van der Waals surface area contributed by atoms with E-state index in [1.165, 1.54) is 12.3 Å². The SMILES string of the molecule is O=C(Nc1ccoc1C(=O)NC1CCCC1C(=O)O)OCC1c2ccccc2-c2ccccc21. The highest BCUT2D eigenvalue weighted by Crippen LogP contribution is 2.44. The van der Waals surface area contributed by atoms with Crippen LogP contribution in [0, 0.1) is 5.92 Å². The van der Waals surface area contributed by atoms with Crippen LogP contribution in [0.2, 0.25) is 0 Å². The first-order valence-electron chi connectivity index (χ1n) is 11.3. The summed E-state index contributed by atoms with van der Waals surface area (Å²) in [5, 5.41) is 14.6. The molecule has 2 aliphatic carbocycles. The Hall–Kier alpha value is -4.07. The molecule has 2 amide bonds. The number of ether oxygens (including phenoxy) is 1. The number of carbonyl (C=O) groups excluding carboxylic acids is 2. The van der Waals surface area contributed by atoms with E-state index in [0.29, 0.717) is 12.8 Å². The van der Waals surface area contributed by atoms with Crippen LogP contribution in [0.3, 0.4) is 0 Å². The molecule has 2 unspecified atom stereocenters. The van der Waals surface area contributed by atoms with Gasteiger partial charge in [-0.25, -0.2) is 4.79 Å². The first-order valence-corrected chi connectivity index (χ1v) is 11.3. The molecule has 0 saturated heterocycles. The summed E-state index contributed by atoms with van der Waals surface area (Å²) in [5.74, 6) is -2.31. The number of nitrogens with one attached hydrogen (secondary N) is 2. The first-order chi connectivity index (χ1) is 16.5. The van der Waals surface area contributed by atoms with Crippen molar-refractivity contribution in [1.82, 2.24) is 5.32 Å². The summed E-state index contributed by atoms with van der Waals surface area (Å²) in [7, 11) is 0. The lowest BCUT2D eigenvalue weighted by Crippen LogP contribution is -2.40. The Labute approximate surface area is 195 Å². The quantitative estimate of drug-likeness (QED) is 0.494. The van der Waals surface area contributed by atoms with Crippen molar-refractivity contribution in [2.75, 3.05) is 11.9 Å². The molecular weight excluding hydrogens is 436 g/mol. The number of anilines is 1. The molecule has 8 heteroatoms. The van der Waals surface area contributed by atoms with E-state index in [1.807, 2.05) is 36.4 Å². The lowest BCUT2D eigenvalue weighted by Gasteiger charge is -2.17. The Kier molecular flexibility index (Phi) is 5.79. The highest BCUT2D eigenvalue weighted by molar-refractivity contribution is 6.00. The second kappa shape index (κ2) is 9.05. The first kappa shape index (κ1) is 21.8. The van der Waals surface area contributed by atoms with Crippen molar-refractivity contribution in [2.45, 2.75) is 31.2 Å².